The van der Waals surface area contributed by atoms with Crippen LogP contribution in [0.3, 0.4) is 0 Å². The Morgan fingerprint density at radius 2 is 1.87 bits per heavy atom. The summed E-state index contributed by atoms with van der Waals surface area (Å²) in [5.74, 6) is 5.52. The zero-order valence-corrected chi connectivity index (χ0v) is 10.6. The Kier molecular flexibility index (Phi) is 10.3. The standard InChI is InChI=1S/C12H28N2O/c1-4-5-6-7-8-12(14-13)10-9-11(2)15-3/h11-12,14H,4-10,13H2,1-3H3. The van der Waals surface area contributed by atoms with Gasteiger partial charge in [0.1, 0.15) is 0 Å². The van der Waals surface area contributed by atoms with Gasteiger partial charge >= 0.3 is 0 Å². The summed E-state index contributed by atoms with van der Waals surface area (Å²) in [5.41, 5.74) is 2.90. The number of hydrazine groups is 1. The van der Waals surface area contributed by atoms with Crippen LogP contribution in [0.2, 0.25) is 0 Å². The van der Waals surface area contributed by atoms with Gasteiger partial charge in [-0.05, 0) is 26.2 Å². The molecular formula is C12H28N2O. The average molecular weight is 216 g/mol. The average Bonchev–Trinajstić information content (AvgIpc) is 2.27. The van der Waals surface area contributed by atoms with Crippen LogP contribution < -0.4 is 11.3 Å². The van der Waals surface area contributed by atoms with E-state index in [0.717, 1.165) is 12.8 Å². The van der Waals surface area contributed by atoms with Gasteiger partial charge in [-0.2, -0.15) is 0 Å². The SMILES string of the molecule is CCCCCCC(CCC(C)OC)NN. The minimum absolute atomic E-state index is 0.344. The molecule has 15 heavy (non-hydrogen) atoms. The highest BCUT2D eigenvalue weighted by Crippen LogP contribution is 2.11. The van der Waals surface area contributed by atoms with Crippen LogP contribution in [0.1, 0.15) is 58.8 Å². The molecule has 3 heteroatoms. The fourth-order valence-corrected chi connectivity index (χ4v) is 1.68. The van der Waals surface area contributed by atoms with Crippen molar-refractivity contribution in [3.05, 3.63) is 0 Å². The Balaban J connectivity index is 3.46. The first kappa shape index (κ1) is 14.9. The molecule has 0 spiro atoms. The summed E-state index contributed by atoms with van der Waals surface area (Å²) >= 11 is 0. The quantitative estimate of drug-likeness (QED) is 0.335. The van der Waals surface area contributed by atoms with Crippen molar-refractivity contribution >= 4 is 0 Å². The van der Waals surface area contributed by atoms with Crippen LogP contribution in [0.4, 0.5) is 0 Å². The van der Waals surface area contributed by atoms with Gasteiger partial charge in [0, 0.05) is 13.2 Å². The number of nitrogens with two attached hydrogens (primary N) is 1. The minimum atomic E-state index is 0.344. The van der Waals surface area contributed by atoms with E-state index in [2.05, 4.69) is 19.3 Å². The molecule has 0 heterocycles. The molecular weight excluding hydrogens is 188 g/mol. The second-order valence-corrected chi connectivity index (χ2v) is 4.34. The van der Waals surface area contributed by atoms with E-state index in [1.807, 2.05) is 0 Å². The Morgan fingerprint density at radius 1 is 1.13 bits per heavy atom. The van der Waals surface area contributed by atoms with Crippen LogP contribution in [-0.2, 0) is 4.74 Å². The van der Waals surface area contributed by atoms with E-state index in [0.29, 0.717) is 12.1 Å². The molecule has 0 bridgehead atoms. The van der Waals surface area contributed by atoms with Gasteiger partial charge < -0.3 is 4.74 Å². The Hall–Kier alpha value is -0.120. The van der Waals surface area contributed by atoms with E-state index in [1.54, 1.807) is 7.11 Å². The Bertz CT molecular complexity index is 131. The minimum Gasteiger partial charge on any atom is -0.382 e. The van der Waals surface area contributed by atoms with Crippen molar-refractivity contribution in [2.24, 2.45) is 5.84 Å². The van der Waals surface area contributed by atoms with Gasteiger partial charge in [0.15, 0.2) is 0 Å². The number of rotatable bonds is 10. The third-order valence-electron chi connectivity index (χ3n) is 2.97. The summed E-state index contributed by atoms with van der Waals surface area (Å²) < 4.78 is 5.22. The van der Waals surface area contributed by atoms with Gasteiger partial charge in [0.25, 0.3) is 0 Å². The van der Waals surface area contributed by atoms with Crippen molar-refractivity contribution in [1.82, 2.24) is 5.43 Å². The summed E-state index contributed by atoms with van der Waals surface area (Å²) in [6, 6.07) is 0.458. The lowest BCUT2D eigenvalue weighted by Crippen LogP contribution is -2.35. The maximum atomic E-state index is 5.52. The molecule has 2 atom stereocenters. The molecule has 0 aliphatic heterocycles. The molecule has 0 saturated carbocycles. The topological polar surface area (TPSA) is 47.3 Å². The lowest BCUT2D eigenvalue weighted by atomic mass is 10.0. The smallest absolute Gasteiger partial charge is 0.0543 e. The monoisotopic (exact) mass is 216 g/mol. The number of hydrogen-bond acceptors (Lipinski definition) is 3. The number of unbranched alkanes of at least 4 members (excludes halogenated alkanes) is 3. The van der Waals surface area contributed by atoms with E-state index >= 15 is 0 Å². The Morgan fingerprint density at radius 3 is 2.40 bits per heavy atom. The van der Waals surface area contributed by atoms with Crippen molar-refractivity contribution in [1.29, 1.82) is 0 Å². The normalized spacial score (nSPS) is 15.2. The lowest BCUT2D eigenvalue weighted by molar-refractivity contribution is 0.105. The number of ether oxygens (including phenoxy) is 1. The van der Waals surface area contributed by atoms with E-state index in [-0.39, 0.29) is 0 Å². The third-order valence-corrected chi connectivity index (χ3v) is 2.97. The maximum absolute atomic E-state index is 5.52. The van der Waals surface area contributed by atoms with E-state index in [4.69, 9.17) is 10.6 Å². The first-order valence-corrected chi connectivity index (χ1v) is 6.23. The van der Waals surface area contributed by atoms with Crippen molar-refractivity contribution in [3.8, 4) is 0 Å². The van der Waals surface area contributed by atoms with Crippen LogP contribution in [0.5, 0.6) is 0 Å². The second-order valence-electron chi connectivity index (χ2n) is 4.34. The molecule has 3 nitrogen and oxygen atoms in total. The number of hydrogen-bond donors (Lipinski definition) is 2. The third kappa shape index (κ3) is 8.85. The van der Waals surface area contributed by atoms with Gasteiger partial charge in [-0.3, -0.25) is 11.3 Å². The number of nitrogens with one attached hydrogen (secondary N) is 1. The second kappa shape index (κ2) is 10.4. The highest BCUT2D eigenvalue weighted by Gasteiger charge is 2.08. The van der Waals surface area contributed by atoms with Gasteiger partial charge in [-0.1, -0.05) is 32.6 Å². The fraction of sp³-hybridized carbons (Fsp3) is 1.00. The molecule has 0 rings (SSSR count). The van der Waals surface area contributed by atoms with Gasteiger partial charge in [0.05, 0.1) is 6.10 Å². The summed E-state index contributed by atoms with van der Waals surface area (Å²) in [7, 11) is 1.76. The van der Waals surface area contributed by atoms with Crippen molar-refractivity contribution in [3.63, 3.8) is 0 Å². The Labute approximate surface area is 94.7 Å². The molecule has 0 amide bonds. The molecule has 3 N–H and O–H groups in total. The molecule has 0 fully saturated rings. The first-order chi connectivity index (χ1) is 7.24. The highest BCUT2D eigenvalue weighted by atomic mass is 16.5. The predicted octanol–water partition coefficient (Wildman–Crippen LogP) is 2.60. The molecule has 0 radical (unpaired) electrons. The summed E-state index contributed by atoms with van der Waals surface area (Å²) in [5, 5.41) is 0. The van der Waals surface area contributed by atoms with Crippen LogP contribution in [0, 0.1) is 0 Å². The van der Waals surface area contributed by atoms with E-state index in [9.17, 15) is 0 Å². The maximum Gasteiger partial charge on any atom is 0.0543 e. The molecule has 0 aromatic rings. The van der Waals surface area contributed by atoms with Crippen LogP contribution in [0.15, 0.2) is 0 Å². The molecule has 0 aromatic carbocycles. The van der Waals surface area contributed by atoms with Crippen molar-refractivity contribution in [2.45, 2.75) is 70.9 Å². The van der Waals surface area contributed by atoms with Crippen LogP contribution in [-0.4, -0.2) is 19.3 Å². The summed E-state index contributed by atoms with van der Waals surface area (Å²) in [4.78, 5) is 0. The van der Waals surface area contributed by atoms with Crippen molar-refractivity contribution < 1.29 is 4.74 Å². The summed E-state index contributed by atoms with van der Waals surface area (Å²) in [6.45, 7) is 4.34. The highest BCUT2D eigenvalue weighted by molar-refractivity contribution is 4.65. The molecule has 0 aliphatic carbocycles. The van der Waals surface area contributed by atoms with E-state index in [1.165, 1.54) is 32.1 Å². The fourth-order valence-electron chi connectivity index (χ4n) is 1.68. The zero-order chi connectivity index (χ0) is 11.5. The molecule has 0 saturated heterocycles. The summed E-state index contributed by atoms with van der Waals surface area (Å²) in [6.07, 6.45) is 8.96. The van der Waals surface area contributed by atoms with Gasteiger partial charge in [-0.15, -0.1) is 0 Å². The zero-order valence-electron chi connectivity index (χ0n) is 10.6. The lowest BCUT2D eigenvalue weighted by Gasteiger charge is -2.17. The molecule has 0 aliphatic rings. The van der Waals surface area contributed by atoms with Gasteiger partial charge in [0.2, 0.25) is 0 Å². The predicted molar refractivity (Wildman–Crippen MR) is 65.6 cm³/mol. The first-order valence-electron chi connectivity index (χ1n) is 6.23. The van der Waals surface area contributed by atoms with E-state index < -0.39 is 0 Å². The molecule has 2 unspecified atom stereocenters. The van der Waals surface area contributed by atoms with Crippen molar-refractivity contribution in [2.75, 3.05) is 7.11 Å². The van der Waals surface area contributed by atoms with Gasteiger partial charge in [-0.25, -0.2) is 0 Å². The van der Waals surface area contributed by atoms with Crippen LogP contribution in [0.25, 0.3) is 0 Å². The number of methoxy groups -OCH3 is 1. The molecule has 92 valence electrons. The largest absolute Gasteiger partial charge is 0.382 e. The molecule has 0 aromatic heterocycles. The van der Waals surface area contributed by atoms with Crippen LogP contribution >= 0.6 is 0 Å².